The molecular formula is C29H24FN7O. The maximum Gasteiger partial charge on any atom is 0.181 e. The largest absolute Gasteiger partial charge is 0.489 e. The van der Waals surface area contributed by atoms with Crippen LogP contribution in [0.5, 0.6) is 5.75 Å². The van der Waals surface area contributed by atoms with E-state index < -0.39 is 0 Å². The van der Waals surface area contributed by atoms with E-state index in [0.717, 1.165) is 76.0 Å². The van der Waals surface area contributed by atoms with Gasteiger partial charge in [0, 0.05) is 51.6 Å². The highest BCUT2D eigenvalue weighted by atomic mass is 19.1. The molecule has 1 aliphatic heterocycles. The molecule has 1 aliphatic rings. The number of halogens is 1. The molecule has 7 rings (SSSR count). The SMILES string of the molecule is Fc1cccc(-c2nccc3[nH]c(-c4[nH]nc5ncc(-c6cncc(OC7CCNCC7)c6)cc45)cc23)c1. The second-order valence-corrected chi connectivity index (χ2v) is 9.48. The van der Waals surface area contributed by atoms with E-state index in [1.165, 1.54) is 12.1 Å². The summed E-state index contributed by atoms with van der Waals surface area (Å²) in [6, 6.07) is 14.5. The van der Waals surface area contributed by atoms with Gasteiger partial charge in [-0.25, -0.2) is 9.37 Å². The fourth-order valence-corrected chi connectivity index (χ4v) is 5.06. The quantitative estimate of drug-likeness (QED) is 0.286. The van der Waals surface area contributed by atoms with Gasteiger partial charge in [-0.1, -0.05) is 12.1 Å². The van der Waals surface area contributed by atoms with E-state index >= 15 is 0 Å². The standard InChI is InChI=1S/C29H24FN7O/c30-20-3-1-2-17(10-20)27-23-13-26(35-25(23)6-9-33-27)28-24-12-19(15-34-29(24)37-36-28)18-11-22(16-32-14-18)38-21-4-7-31-8-5-21/h1-3,6,9-16,21,31,35H,4-5,7-8H2,(H,34,36,37). The van der Waals surface area contributed by atoms with E-state index in [4.69, 9.17) is 4.74 Å². The molecule has 0 aliphatic carbocycles. The van der Waals surface area contributed by atoms with Crippen LogP contribution in [0, 0.1) is 5.82 Å². The smallest absolute Gasteiger partial charge is 0.181 e. The lowest BCUT2D eigenvalue weighted by Gasteiger charge is -2.23. The zero-order chi connectivity index (χ0) is 25.5. The van der Waals surface area contributed by atoms with Crippen LogP contribution in [0.4, 0.5) is 4.39 Å². The molecule has 38 heavy (non-hydrogen) atoms. The maximum absolute atomic E-state index is 13.9. The number of ether oxygens (including phenoxy) is 1. The molecule has 1 fully saturated rings. The number of aromatic amines is 2. The third-order valence-electron chi connectivity index (χ3n) is 6.96. The van der Waals surface area contributed by atoms with E-state index in [2.05, 4.69) is 41.5 Å². The van der Waals surface area contributed by atoms with Crippen LogP contribution < -0.4 is 10.1 Å². The number of nitrogens with zero attached hydrogens (tertiary/aromatic N) is 4. The molecule has 0 spiro atoms. The summed E-state index contributed by atoms with van der Waals surface area (Å²) in [7, 11) is 0. The molecule has 0 radical (unpaired) electrons. The second kappa shape index (κ2) is 9.35. The van der Waals surface area contributed by atoms with E-state index in [-0.39, 0.29) is 11.9 Å². The van der Waals surface area contributed by atoms with Gasteiger partial charge < -0.3 is 15.0 Å². The predicted molar refractivity (Wildman–Crippen MR) is 144 cm³/mol. The van der Waals surface area contributed by atoms with Gasteiger partial charge in [0.25, 0.3) is 0 Å². The highest BCUT2D eigenvalue weighted by Gasteiger charge is 2.17. The highest BCUT2D eigenvalue weighted by molar-refractivity contribution is 6.00. The van der Waals surface area contributed by atoms with E-state index in [9.17, 15) is 4.39 Å². The summed E-state index contributed by atoms with van der Waals surface area (Å²) in [6.45, 7) is 1.93. The van der Waals surface area contributed by atoms with E-state index in [0.29, 0.717) is 11.3 Å². The molecule has 0 amide bonds. The first-order valence-corrected chi connectivity index (χ1v) is 12.6. The Morgan fingerprint density at radius 1 is 0.868 bits per heavy atom. The third-order valence-corrected chi connectivity index (χ3v) is 6.96. The summed E-state index contributed by atoms with van der Waals surface area (Å²) in [5.74, 6) is 0.463. The molecule has 1 aromatic carbocycles. The summed E-state index contributed by atoms with van der Waals surface area (Å²) in [6.07, 6.45) is 9.26. The van der Waals surface area contributed by atoms with Crippen LogP contribution in [0.2, 0.25) is 0 Å². The minimum absolute atomic E-state index is 0.197. The van der Waals surface area contributed by atoms with Crippen molar-refractivity contribution < 1.29 is 9.13 Å². The second-order valence-electron chi connectivity index (χ2n) is 9.48. The summed E-state index contributed by atoms with van der Waals surface area (Å²) in [4.78, 5) is 17.0. The first kappa shape index (κ1) is 22.6. The molecule has 8 nitrogen and oxygen atoms in total. The van der Waals surface area contributed by atoms with Crippen molar-refractivity contribution in [2.75, 3.05) is 13.1 Å². The van der Waals surface area contributed by atoms with Crippen LogP contribution >= 0.6 is 0 Å². The first-order valence-electron chi connectivity index (χ1n) is 12.6. The van der Waals surface area contributed by atoms with Crippen molar-refractivity contribution in [1.82, 2.24) is 35.5 Å². The zero-order valence-electron chi connectivity index (χ0n) is 20.4. The van der Waals surface area contributed by atoms with Crippen molar-refractivity contribution in [3.8, 4) is 39.5 Å². The number of H-pyrrole nitrogens is 2. The van der Waals surface area contributed by atoms with Crippen molar-refractivity contribution in [3.63, 3.8) is 0 Å². The molecule has 9 heteroatoms. The number of piperidine rings is 1. The minimum Gasteiger partial charge on any atom is -0.489 e. The monoisotopic (exact) mass is 505 g/mol. The van der Waals surface area contributed by atoms with Crippen molar-refractivity contribution >= 4 is 21.9 Å². The summed E-state index contributed by atoms with van der Waals surface area (Å²) in [5.41, 5.74) is 6.43. The maximum atomic E-state index is 13.9. The first-order chi connectivity index (χ1) is 18.7. The number of fused-ring (bicyclic) bond motifs is 2. The molecule has 6 heterocycles. The van der Waals surface area contributed by atoms with Crippen LogP contribution in [-0.2, 0) is 0 Å². The highest BCUT2D eigenvalue weighted by Crippen LogP contribution is 2.34. The summed E-state index contributed by atoms with van der Waals surface area (Å²) < 4.78 is 20.1. The average Bonchev–Trinajstić information content (AvgIpc) is 3.57. The number of benzene rings is 1. The van der Waals surface area contributed by atoms with Crippen molar-refractivity contribution in [1.29, 1.82) is 0 Å². The van der Waals surface area contributed by atoms with Crippen molar-refractivity contribution in [3.05, 3.63) is 79.1 Å². The molecule has 5 aromatic heterocycles. The van der Waals surface area contributed by atoms with Gasteiger partial charge in [-0.05, 0) is 62.3 Å². The molecule has 3 N–H and O–H groups in total. The lowest BCUT2D eigenvalue weighted by Crippen LogP contribution is -2.34. The molecule has 0 unspecified atom stereocenters. The molecule has 6 aromatic rings. The van der Waals surface area contributed by atoms with Crippen LogP contribution in [0.3, 0.4) is 0 Å². The van der Waals surface area contributed by atoms with Crippen molar-refractivity contribution in [2.24, 2.45) is 0 Å². The molecule has 0 atom stereocenters. The van der Waals surface area contributed by atoms with Crippen LogP contribution in [0.15, 0.2) is 73.3 Å². The Balaban J connectivity index is 1.26. The Morgan fingerprint density at radius 3 is 2.66 bits per heavy atom. The number of aromatic nitrogens is 6. The zero-order valence-corrected chi connectivity index (χ0v) is 20.4. The van der Waals surface area contributed by atoms with Gasteiger partial charge in [0.05, 0.1) is 23.3 Å². The van der Waals surface area contributed by atoms with Crippen LogP contribution in [-0.4, -0.2) is 49.3 Å². The molecule has 0 bridgehead atoms. The van der Waals surface area contributed by atoms with Gasteiger partial charge in [0.2, 0.25) is 0 Å². The van der Waals surface area contributed by atoms with Crippen molar-refractivity contribution in [2.45, 2.75) is 18.9 Å². The van der Waals surface area contributed by atoms with E-state index in [1.807, 2.05) is 30.5 Å². The Labute approximate surface area is 217 Å². The number of hydrogen-bond donors (Lipinski definition) is 3. The number of nitrogens with one attached hydrogen (secondary N) is 3. The number of pyridine rings is 3. The third kappa shape index (κ3) is 4.16. The van der Waals surface area contributed by atoms with Gasteiger partial charge in [-0.2, -0.15) is 5.10 Å². The van der Waals surface area contributed by atoms with Gasteiger partial charge in [-0.3, -0.25) is 15.1 Å². The Hall–Kier alpha value is -4.63. The van der Waals surface area contributed by atoms with Gasteiger partial charge in [0.15, 0.2) is 5.65 Å². The number of hydrogen-bond acceptors (Lipinski definition) is 6. The van der Waals surface area contributed by atoms with E-state index in [1.54, 1.807) is 24.7 Å². The molecular weight excluding hydrogens is 481 g/mol. The summed E-state index contributed by atoms with van der Waals surface area (Å²) in [5, 5.41) is 12.7. The predicted octanol–water partition coefficient (Wildman–Crippen LogP) is 5.50. The molecule has 1 saturated heterocycles. The molecule has 0 saturated carbocycles. The lowest BCUT2D eigenvalue weighted by atomic mass is 10.1. The lowest BCUT2D eigenvalue weighted by molar-refractivity contribution is 0.162. The Bertz CT molecular complexity index is 1770. The minimum atomic E-state index is -0.296. The average molecular weight is 506 g/mol. The normalized spacial score (nSPS) is 14.3. The fourth-order valence-electron chi connectivity index (χ4n) is 5.06. The van der Waals surface area contributed by atoms with Gasteiger partial charge >= 0.3 is 0 Å². The van der Waals surface area contributed by atoms with Crippen LogP contribution in [0.25, 0.3) is 55.7 Å². The van der Waals surface area contributed by atoms with Crippen LogP contribution in [0.1, 0.15) is 12.8 Å². The van der Waals surface area contributed by atoms with Gasteiger partial charge in [-0.15, -0.1) is 0 Å². The Morgan fingerprint density at radius 2 is 1.76 bits per heavy atom. The summed E-state index contributed by atoms with van der Waals surface area (Å²) >= 11 is 0. The van der Waals surface area contributed by atoms with Gasteiger partial charge in [0.1, 0.15) is 17.7 Å². The fraction of sp³-hybridized carbons (Fsp3) is 0.172. The topological polar surface area (TPSA) is 104 Å². The molecule has 188 valence electrons. The number of rotatable bonds is 5. The Kier molecular flexibility index (Phi) is 5.55.